The minimum absolute atomic E-state index is 0.0686. The highest BCUT2D eigenvalue weighted by Crippen LogP contribution is 2.21. The van der Waals surface area contributed by atoms with Crippen LogP contribution in [-0.2, 0) is 9.53 Å². The van der Waals surface area contributed by atoms with Crippen LogP contribution in [0, 0.1) is 5.41 Å². The van der Waals surface area contributed by atoms with Gasteiger partial charge in [-0.3, -0.25) is 5.41 Å². The SMILES string of the molecule is CCOC(=O)/C(C(=N)c1ccccc1Br)=C(/C)O. The number of rotatable bonds is 4. The van der Waals surface area contributed by atoms with E-state index in [-0.39, 0.29) is 23.7 Å². The third kappa shape index (κ3) is 3.20. The number of esters is 1. The standard InChI is InChI=1S/C13H14BrNO3/c1-3-18-13(17)11(8(2)16)12(15)9-6-4-5-7-10(9)14/h4-7,15-16H,3H2,1-2H3/b11-8-,15-12?. The Hall–Kier alpha value is -1.62. The zero-order chi connectivity index (χ0) is 13.7. The molecule has 0 atom stereocenters. The number of carbonyl (C=O) groups is 1. The average Bonchev–Trinajstić information content (AvgIpc) is 2.29. The molecule has 0 bridgehead atoms. The van der Waals surface area contributed by atoms with Crippen LogP contribution in [0.5, 0.6) is 0 Å². The van der Waals surface area contributed by atoms with E-state index in [1.165, 1.54) is 6.92 Å². The molecule has 0 unspecified atom stereocenters. The average molecular weight is 312 g/mol. The number of aliphatic hydroxyl groups excluding tert-OH is 1. The maximum Gasteiger partial charge on any atom is 0.343 e. The van der Waals surface area contributed by atoms with Crippen molar-refractivity contribution in [3.05, 3.63) is 45.6 Å². The molecule has 4 nitrogen and oxygen atoms in total. The highest BCUT2D eigenvalue weighted by molar-refractivity contribution is 9.10. The summed E-state index contributed by atoms with van der Waals surface area (Å²) in [5.74, 6) is -0.924. The van der Waals surface area contributed by atoms with Crippen LogP contribution < -0.4 is 0 Å². The number of aliphatic hydroxyl groups is 1. The predicted molar refractivity (Wildman–Crippen MR) is 72.9 cm³/mol. The Labute approximate surface area is 114 Å². The van der Waals surface area contributed by atoms with Crippen molar-refractivity contribution in [2.24, 2.45) is 0 Å². The summed E-state index contributed by atoms with van der Waals surface area (Å²) < 4.78 is 5.51. The Morgan fingerprint density at radius 1 is 1.44 bits per heavy atom. The molecule has 2 N–H and O–H groups in total. The lowest BCUT2D eigenvalue weighted by Crippen LogP contribution is -2.18. The molecule has 1 rings (SSSR count). The topological polar surface area (TPSA) is 70.4 Å². The van der Waals surface area contributed by atoms with E-state index >= 15 is 0 Å². The summed E-state index contributed by atoms with van der Waals surface area (Å²) in [4.78, 5) is 11.7. The third-order valence-corrected chi connectivity index (χ3v) is 2.93. The van der Waals surface area contributed by atoms with Gasteiger partial charge in [-0.1, -0.05) is 34.1 Å². The number of hydrogen-bond acceptors (Lipinski definition) is 4. The maximum absolute atomic E-state index is 11.7. The monoisotopic (exact) mass is 311 g/mol. The summed E-state index contributed by atoms with van der Waals surface area (Å²) in [6, 6.07) is 7.01. The molecular weight excluding hydrogens is 298 g/mol. The first-order chi connectivity index (χ1) is 8.49. The summed E-state index contributed by atoms with van der Waals surface area (Å²) in [5, 5.41) is 17.6. The van der Waals surface area contributed by atoms with Gasteiger partial charge in [-0.05, 0) is 19.9 Å². The summed E-state index contributed by atoms with van der Waals surface area (Å²) in [7, 11) is 0. The zero-order valence-electron chi connectivity index (χ0n) is 10.2. The predicted octanol–water partition coefficient (Wildman–Crippen LogP) is 3.21. The van der Waals surface area contributed by atoms with Gasteiger partial charge in [-0.2, -0.15) is 0 Å². The molecule has 0 aliphatic heterocycles. The molecule has 0 radical (unpaired) electrons. The fourth-order valence-corrected chi connectivity index (χ4v) is 1.92. The highest BCUT2D eigenvalue weighted by atomic mass is 79.9. The van der Waals surface area contributed by atoms with Crippen LogP contribution in [0.2, 0.25) is 0 Å². The molecule has 0 spiro atoms. The fourth-order valence-electron chi connectivity index (χ4n) is 1.43. The number of hydrogen-bond donors (Lipinski definition) is 2. The van der Waals surface area contributed by atoms with Crippen LogP contribution >= 0.6 is 15.9 Å². The molecule has 0 amide bonds. The van der Waals surface area contributed by atoms with Crippen LogP contribution in [0.15, 0.2) is 40.1 Å². The number of carbonyl (C=O) groups excluding carboxylic acids is 1. The smallest absolute Gasteiger partial charge is 0.343 e. The number of ether oxygens (including phenoxy) is 1. The molecule has 18 heavy (non-hydrogen) atoms. The number of nitrogens with one attached hydrogen (secondary N) is 1. The third-order valence-electron chi connectivity index (χ3n) is 2.23. The van der Waals surface area contributed by atoms with Gasteiger partial charge in [0.15, 0.2) is 0 Å². The van der Waals surface area contributed by atoms with E-state index in [9.17, 15) is 9.90 Å². The lowest BCUT2D eigenvalue weighted by molar-refractivity contribution is -0.138. The molecule has 0 heterocycles. The number of allylic oxidation sites excluding steroid dienone is 1. The Morgan fingerprint density at radius 2 is 2.06 bits per heavy atom. The van der Waals surface area contributed by atoms with Gasteiger partial charge in [0.25, 0.3) is 0 Å². The van der Waals surface area contributed by atoms with Crippen molar-refractivity contribution >= 4 is 27.6 Å². The van der Waals surface area contributed by atoms with Crippen LogP contribution in [0.3, 0.4) is 0 Å². The van der Waals surface area contributed by atoms with Crippen LogP contribution in [0.25, 0.3) is 0 Å². The zero-order valence-corrected chi connectivity index (χ0v) is 11.7. The minimum atomic E-state index is -0.696. The second-order valence-electron chi connectivity index (χ2n) is 3.54. The quantitative estimate of drug-likeness (QED) is 0.388. The van der Waals surface area contributed by atoms with Crippen molar-refractivity contribution in [3.8, 4) is 0 Å². The van der Waals surface area contributed by atoms with Crippen molar-refractivity contribution in [3.63, 3.8) is 0 Å². The van der Waals surface area contributed by atoms with Crippen molar-refractivity contribution < 1.29 is 14.6 Å². The maximum atomic E-state index is 11.7. The van der Waals surface area contributed by atoms with Crippen molar-refractivity contribution in [1.82, 2.24) is 0 Å². The summed E-state index contributed by atoms with van der Waals surface area (Å²) in [6.45, 7) is 3.22. The Bertz CT molecular complexity index is 505. The van der Waals surface area contributed by atoms with Gasteiger partial charge in [-0.15, -0.1) is 0 Å². The second kappa shape index (κ2) is 6.35. The minimum Gasteiger partial charge on any atom is -0.512 e. The lowest BCUT2D eigenvalue weighted by Gasteiger charge is -2.11. The van der Waals surface area contributed by atoms with Gasteiger partial charge in [0, 0.05) is 10.0 Å². The van der Waals surface area contributed by atoms with Crippen molar-refractivity contribution in [1.29, 1.82) is 5.41 Å². The molecule has 0 saturated carbocycles. The molecular formula is C13H14BrNO3. The van der Waals surface area contributed by atoms with Crippen LogP contribution in [0.1, 0.15) is 19.4 Å². The molecule has 1 aromatic rings. The van der Waals surface area contributed by atoms with Crippen molar-refractivity contribution in [2.45, 2.75) is 13.8 Å². The van der Waals surface area contributed by atoms with Gasteiger partial charge in [0.2, 0.25) is 0 Å². The van der Waals surface area contributed by atoms with E-state index in [0.29, 0.717) is 10.0 Å². The first kappa shape index (κ1) is 14.4. The van der Waals surface area contributed by atoms with Crippen LogP contribution in [-0.4, -0.2) is 23.4 Å². The number of halogens is 1. The van der Waals surface area contributed by atoms with Crippen molar-refractivity contribution in [2.75, 3.05) is 6.61 Å². The molecule has 0 fully saturated rings. The normalized spacial score (nSPS) is 11.7. The lowest BCUT2D eigenvalue weighted by atomic mass is 10.0. The first-order valence-electron chi connectivity index (χ1n) is 5.39. The first-order valence-corrected chi connectivity index (χ1v) is 6.19. The molecule has 96 valence electrons. The van der Waals surface area contributed by atoms with Gasteiger partial charge < -0.3 is 9.84 Å². The molecule has 5 heteroatoms. The largest absolute Gasteiger partial charge is 0.512 e. The Balaban J connectivity index is 3.18. The van der Waals surface area contributed by atoms with Gasteiger partial charge >= 0.3 is 5.97 Å². The Morgan fingerprint density at radius 3 is 2.56 bits per heavy atom. The van der Waals surface area contributed by atoms with E-state index in [2.05, 4.69) is 15.9 Å². The van der Waals surface area contributed by atoms with E-state index < -0.39 is 5.97 Å². The molecule has 1 aromatic carbocycles. The molecule has 0 aliphatic carbocycles. The van der Waals surface area contributed by atoms with Gasteiger partial charge in [0.1, 0.15) is 11.3 Å². The molecule has 0 saturated heterocycles. The molecule has 0 aromatic heterocycles. The summed E-state index contributed by atoms with van der Waals surface area (Å²) in [6.07, 6.45) is 0. The molecule has 0 aliphatic rings. The highest BCUT2D eigenvalue weighted by Gasteiger charge is 2.22. The number of benzene rings is 1. The second-order valence-corrected chi connectivity index (χ2v) is 4.39. The van der Waals surface area contributed by atoms with Crippen LogP contribution in [0.4, 0.5) is 0 Å². The summed E-state index contributed by atoms with van der Waals surface area (Å²) >= 11 is 3.31. The van der Waals surface area contributed by atoms with Gasteiger partial charge in [0.05, 0.1) is 12.3 Å². The Kier molecular flexibility index (Phi) is 5.09. The van der Waals surface area contributed by atoms with Gasteiger partial charge in [-0.25, -0.2) is 4.79 Å². The fraction of sp³-hybridized carbons (Fsp3) is 0.231. The van der Waals surface area contributed by atoms with E-state index in [4.69, 9.17) is 10.1 Å². The summed E-state index contributed by atoms with van der Waals surface area (Å²) in [5.41, 5.74) is 0.332. The van der Waals surface area contributed by atoms with E-state index in [1.54, 1.807) is 31.2 Å². The van der Waals surface area contributed by atoms with E-state index in [1.807, 2.05) is 0 Å². The van der Waals surface area contributed by atoms with E-state index in [0.717, 1.165) is 0 Å².